The van der Waals surface area contributed by atoms with E-state index in [1.54, 1.807) is 0 Å². The van der Waals surface area contributed by atoms with Crippen molar-refractivity contribution in [3.8, 4) is 0 Å². The van der Waals surface area contributed by atoms with E-state index in [9.17, 15) is 4.79 Å². The maximum atomic E-state index is 11.5. The van der Waals surface area contributed by atoms with Crippen LogP contribution < -0.4 is 5.32 Å². The van der Waals surface area contributed by atoms with Crippen LogP contribution in [0.25, 0.3) is 0 Å². The van der Waals surface area contributed by atoms with Gasteiger partial charge in [-0.15, -0.1) is 0 Å². The van der Waals surface area contributed by atoms with Crippen LogP contribution >= 0.6 is 0 Å². The van der Waals surface area contributed by atoms with Gasteiger partial charge >= 0.3 is 0 Å². The van der Waals surface area contributed by atoms with Crippen LogP contribution in [0.1, 0.15) is 30.2 Å². The van der Waals surface area contributed by atoms with Crippen molar-refractivity contribution in [3.63, 3.8) is 0 Å². The number of nitrogens with one attached hydrogen (secondary N) is 2. The molecule has 0 saturated heterocycles. The van der Waals surface area contributed by atoms with E-state index in [0.717, 1.165) is 12.2 Å². The van der Waals surface area contributed by atoms with Crippen molar-refractivity contribution in [2.45, 2.75) is 20.3 Å². The van der Waals surface area contributed by atoms with E-state index in [2.05, 4.69) is 15.3 Å². The molecule has 1 aromatic rings. The summed E-state index contributed by atoms with van der Waals surface area (Å²) in [6, 6.07) is 0. The number of aliphatic hydroxyl groups is 1. The van der Waals surface area contributed by atoms with Crippen LogP contribution in [0.4, 0.5) is 0 Å². The number of H-pyrrole nitrogens is 1. The zero-order valence-corrected chi connectivity index (χ0v) is 9.08. The number of aliphatic hydroxyl groups excluding tert-OH is 1. The molecule has 0 aliphatic rings. The molecule has 0 aromatic carbocycles. The van der Waals surface area contributed by atoms with Gasteiger partial charge < -0.3 is 15.4 Å². The molecule has 0 saturated carbocycles. The van der Waals surface area contributed by atoms with Crippen LogP contribution in [0.5, 0.6) is 0 Å². The predicted octanol–water partition coefficient (Wildman–Crippen LogP) is 0.330. The number of amides is 1. The average Bonchev–Trinajstić information content (AvgIpc) is 2.73. The third kappa shape index (κ3) is 3.36. The highest BCUT2D eigenvalue weighted by Gasteiger charge is 2.09. The standard InChI is InChI=1S/C10H17N3O2/c1-3-9-11-5-8(13-9)10(15)12-4-7(2)6-14/h5,7,14H,3-4,6H2,1-2H3,(H,11,13)(H,12,15). The fourth-order valence-corrected chi connectivity index (χ4v) is 1.08. The second kappa shape index (κ2) is 5.50. The van der Waals surface area contributed by atoms with E-state index >= 15 is 0 Å². The van der Waals surface area contributed by atoms with Crippen LogP contribution in [0.2, 0.25) is 0 Å². The minimum atomic E-state index is -0.178. The molecule has 84 valence electrons. The molecule has 1 aromatic heterocycles. The summed E-state index contributed by atoms with van der Waals surface area (Å²) < 4.78 is 0. The van der Waals surface area contributed by atoms with Gasteiger partial charge in [0.1, 0.15) is 11.5 Å². The SMILES string of the molecule is CCc1ncc(C(=O)NCC(C)CO)[nH]1. The molecule has 0 fully saturated rings. The first kappa shape index (κ1) is 11.7. The summed E-state index contributed by atoms with van der Waals surface area (Å²) in [6.45, 7) is 4.37. The molecule has 0 bridgehead atoms. The van der Waals surface area contributed by atoms with Gasteiger partial charge in [-0.2, -0.15) is 0 Å². The molecule has 5 heteroatoms. The maximum absolute atomic E-state index is 11.5. The number of nitrogens with zero attached hydrogens (tertiary/aromatic N) is 1. The normalized spacial score (nSPS) is 12.5. The molecular weight excluding hydrogens is 194 g/mol. The van der Waals surface area contributed by atoms with Gasteiger partial charge in [0, 0.05) is 19.6 Å². The second-order valence-electron chi connectivity index (χ2n) is 3.59. The minimum Gasteiger partial charge on any atom is -0.396 e. The zero-order chi connectivity index (χ0) is 11.3. The molecule has 1 unspecified atom stereocenters. The molecule has 5 nitrogen and oxygen atoms in total. The molecule has 0 aliphatic heterocycles. The Morgan fingerprint density at radius 3 is 3.00 bits per heavy atom. The molecule has 1 rings (SSSR count). The first-order chi connectivity index (χ1) is 7.17. The van der Waals surface area contributed by atoms with Gasteiger partial charge in [0.2, 0.25) is 0 Å². The lowest BCUT2D eigenvalue weighted by atomic mass is 10.2. The van der Waals surface area contributed by atoms with Gasteiger partial charge in [-0.1, -0.05) is 13.8 Å². The first-order valence-corrected chi connectivity index (χ1v) is 5.10. The molecule has 0 radical (unpaired) electrons. The molecule has 3 N–H and O–H groups in total. The highest BCUT2D eigenvalue weighted by molar-refractivity contribution is 5.92. The Balaban J connectivity index is 2.46. The number of aromatic nitrogens is 2. The molecule has 1 heterocycles. The lowest BCUT2D eigenvalue weighted by molar-refractivity contribution is 0.0937. The van der Waals surface area contributed by atoms with Gasteiger partial charge in [0.25, 0.3) is 5.91 Å². The van der Waals surface area contributed by atoms with Crippen molar-refractivity contribution in [3.05, 3.63) is 17.7 Å². The Labute approximate surface area is 88.9 Å². The van der Waals surface area contributed by atoms with E-state index in [-0.39, 0.29) is 18.4 Å². The molecule has 0 aliphatic carbocycles. The van der Waals surface area contributed by atoms with Crippen molar-refractivity contribution in [2.24, 2.45) is 5.92 Å². The maximum Gasteiger partial charge on any atom is 0.269 e. The Hall–Kier alpha value is -1.36. The molecule has 0 spiro atoms. The fraction of sp³-hybridized carbons (Fsp3) is 0.600. The fourth-order valence-electron chi connectivity index (χ4n) is 1.08. The first-order valence-electron chi connectivity index (χ1n) is 5.10. The molecule has 15 heavy (non-hydrogen) atoms. The largest absolute Gasteiger partial charge is 0.396 e. The monoisotopic (exact) mass is 211 g/mol. The van der Waals surface area contributed by atoms with Crippen molar-refractivity contribution in [1.82, 2.24) is 15.3 Å². The highest BCUT2D eigenvalue weighted by atomic mass is 16.3. The third-order valence-electron chi connectivity index (χ3n) is 2.13. The van der Waals surface area contributed by atoms with Gasteiger partial charge in [-0.3, -0.25) is 4.79 Å². The Bertz CT molecular complexity index is 322. The van der Waals surface area contributed by atoms with Crippen molar-refractivity contribution >= 4 is 5.91 Å². The number of rotatable bonds is 5. The number of aryl methyl sites for hydroxylation is 1. The summed E-state index contributed by atoms with van der Waals surface area (Å²) >= 11 is 0. The summed E-state index contributed by atoms with van der Waals surface area (Å²) in [6.07, 6.45) is 2.30. The topological polar surface area (TPSA) is 78.0 Å². The Morgan fingerprint density at radius 2 is 2.47 bits per heavy atom. The van der Waals surface area contributed by atoms with Crippen LogP contribution in [0.3, 0.4) is 0 Å². The molecular formula is C10H17N3O2. The average molecular weight is 211 g/mol. The summed E-state index contributed by atoms with van der Waals surface area (Å²) in [5.74, 6) is 0.695. The van der Waals surface area contributed by atoms with Gasteiger partial charge in [-0.05, 0) is 5.92 Å². The predicted molar refractivity (Wildman–Crippen MR) is 56.5 cm³/mol. The lowest BCUT2D eigenvalue weighted by Crippen LogP contribution is -2.29. The van der Waals surface area contributed by atoms with E-state index in [1.165, 1.54) is 6.20 Å². The number of hydrogen-bond acceptors (Lipinski definition) is 3. The van der Waals surface area contributed by atoms with E-state index < -0.39 is 0 Å². The quantitative estimate of drug-likeness (QED) is 0.656. The number of carbonyl (C=O) groups is 1. The van der Waals surface area contributed by atoms with Crippen LogP contribution in [0.15, 0.2) is 6.20 Å². The van der Waals surface area contributed by atoms with Crippen LogP contribution in [-0.4, -0.2) is 34.1 Å². The zero-order valence-electron chi connectivity index (χ0n) is 9.08. The van der Waals surface area contributed by atoms with E-state index in [0.29, 0.717) is 12.2 Å². The van der Waals surface area contributed by atoms with Crippen molar-refractivity contribution in [2.75, 3.05) is 13.2 Å². The summed E-state index contributed by atoms with van der Waals surface area (Å²) in [4.78, 5) is 18.5. The smallest absolute Gasteiger partial charge is 0.269 e. The van der Waals surface area contributed by atoms with E-state index in [4.69, 9.17) is 5.11 Å². The van der Waals surface area contributed by atoms with Gasteiger partial charge in [0.15, 0.2) is 0 Å². The second-order valence-corrected chi connectivity index (χ2v) is 3.59. The minimum absolute atomic E-state index is 0.0718. The molecule has 1 amide bonds. The summed E-state index contributed by atoms with van der Waals surface area (Å²) in [5, 5.41) is 11.5. The Morgan fingerprint density at radius 1 is 1.73 bits per heavy atom. The molecule has 1 atom stereocenters. The van der Waals surface area contributed by atoms with Crippen molar-refractivity contribution in [1.29, 1.82) is 0 Å². The summed E-state index contributed by atoms with van der Waals surface area (Å²) in [5.41, 5.74) is 0.469. The Kier molecular flexibility index (Phi) is 4.30. The third-order valence-corrected chi connectivity index (χ3v) is 2.13. The highest BCUT2D eigenvalue weighted by Crippen LogP contribution is 1.98. The van der Waals surface area contributed by atoms with E-state index in [1.807, 2.05) is 13.8 Å². The van der Waals surface area contributed by atoms with Crippen LogP contribution in [-0.2, 0) is 6.42 Å². The number of imidazole rings is 1. The number of hydrogen-bond donors (Lipinski definition) is 3. The lowest BCUT2D eigenvalue weighted by Gasteiger charge is -2.08. The number of aromatic amines is 1. The van der Waals surface area contributed by atoms with Gasteiger partial charge in [-0.25, -0.2) is 4.98 Å². The number of carbonyl (C=O) groups excluding carboxylic acids is 1. The summed E-state index contributed by atoms with van der Waals surface area (Å²) in [7, 11) is 0. The van der Waals surface area contributed by atoms with Crippen molar-refractivity contribution < 1.29 is 9.90 Å². The van der Waals surface area contributed by atoms with Gasteiger partial charge in [0.05, 0.1) is 6.20 Å². The van der Waals surface area contributed by atoms with Crippen LogP contribution in [0, 0.1) is 5.92 Å².